The molecule has 0 aromatic carbocycles. The molecular weight excluding hydrogens is 380 g/mol. The molecule has 11 nitrogen and oxygen atoms in total. The van der Waals surface area contributed by atoms with Crippen LogP contribution in [0.5, 0.6) is 0 Å². The van der Waals surface area contributed by atoms with Gasteiger partial charge < -0.3 is 9.80 Å². The molecular formula is C15H26N4O7S. The third-order valence-electron chi connectivity index (χ3n) is 5.50. The van der Waals surface area contributed by atoms with Crippen LogP contribution in [0.3, 0.4) is 0 Å². The summed E-state index contributed by atoms with van der Waals surface area (Å²) in [5.74, 6) is -0.440. The summed E-state index contributed by atoms with van der Waals surface area (Å²) in [5, 5.41) is 0.617. The summed E-state index contributed by atoms with van der Waals surface area (Å²) >= 11 is 0. The van der Waals surface area contributed by atoms with Crippen molar-refractivity contribution in [2.24, 2.45) is 0 Å². The molecule has 27 heavy (non-hydrogen) atoms. The van der Waals surface area contributed by atoms with E-state index < -0.39 is 34.4 Å². The number of urea groups is 1. The predicted molar refractivity (Wildman–Crippen MR) is 92.3 cm³/mol. The number of fused-ring (bicyclic) bond motifs is 2. The van der Waals surface area contributed by atoms with Crippen LogP contribution in [0.2, 0.25) is 0 Å². The summed E-state index contributed by atoms with van der Waals surface area (Å²) in [7, 11) is -0.707. The Morgan fingerprint density at radius 3 is 2.44 bits per heavy atom. The van der Waals surface area contributed by atoms with Gasteiger partial charge in [0.25, 0.3) is 5.91 Å². The number of hydrogen-bond acceptors (Lipinski definition) is 7. The normalized spacial score (nSPS) is 31.5. The lowest BCUT2D eigenvalue weighted by Gasteiger charge is -2.33. The van der Waals surface area contributed by atoms with Crippen molar-refractivity contribution in [2.75, 3.05) is 20.6 Å². The van der Waals surface area contributed by atoms with Gasteiger partial charge in [-0.05, 0) is 52.6 Å². The van der Waals surface area contributed by atoms with Crippen molar-refractivity contribution in [2.45, 2.75) is 62.8 Å². The van der Waals surface area contributed by atoms with Crippen LogP contribution in [-0.4, -0.2) is 84.6 Å². The fourth-order valence-corrected chi connectivity index (χ4v) is 4.38. The van der Waals surface area contributed by atoms with Crippen molar-refractivity contribution in [1.29, 1.82) is 0 Å². The van der Waals surface area contributed by atoms with Gasteiger partial charge in [-0.25, -0.2) is 10.3 Å². The quantitative estimate of drug-likeness (QED) is 0.463. The molecule has 0 aromatic heterocycles. The second-order valence-electron chi connectivity index (χ2n) is 7.49. The zero-order valence-corrected chi connectivity index (χ0v) is 16.2. The van der Waals surface area contributed by atoms with Gasteiger partial charge >= 0.3 is 16.4 Å². The van der Waals surface area contributed by atoms with Crippen molar-refractivity contribution >= 4 is 22.3 Å². The van der Waals surface area contributed by atoms with Crippen molar-refractivity contribution in [3.8, 4) is 0 Å². The maximum absolute atomic E-state index is 12.5. The molecule has 3 amide bonds. The Bertz CT molecular complexity index is 678. The lowest BCUT2D eigenvalue weighted by atomic mass is 9.92. The van der Waals surface area contributed by atoms with Gasteiger partial charge in [0.05, 0.1) is 12.1 Å². The molecule has 154 valence electrons. The van der Waals surface area contributed by atoms with Gasteiger partial charge in [-0.15, -0.1) is 4.28 Å². The summed E-state index contributed by atoms with van der Waals surface area (Å²) in [4.78, 5) is 33.7. The highest BCUT2D eigenvalue weighted by atomic mass is 32.3. The van der Waals surface area contributed by atoms with Crippen LogP contribution < -0.4 is 5.48 Å². The number of nitrogens with zero attached hydrogens (tertiary/aromatic N) is 3. The van der Waals surface area contributed by atoms with Gasteiger partial charge in [0.2, 0.25) is 0 Å². The number of carbonyl (C=O) groups is 2. The third kappa shape index (κ3) is 4.69. The third-order valence-corrected chi connectivity index (χ3v) is 5.85. The Kier molecular flexibility index (Phi) is 5.91. The minimum Gasteiger partial charge on any atom is -0.309 e. The SMILES string of the molecule is CN(C)C1CCC(ONC(=O)[C@@H]2CC[C@@H]3CN2C(=O)N3OS(=O)(=O)O)CC1. The van der Waals surface area contributed by atoms with E-state index in [2.05, 4.69) is 14.7 Å². The molecule has 12 heteroatoms. The van der Waals surface area contributed by atoms with E-state index in [0.29, 0.717) is 23.9 Å². The highest BCUT2D eigenvalue weighted by Gasteiger charge is 2.49. The number of hydroxylamine groups is 3. The molecule has 1 aliphatic carbocycles. The van der Waals surface area contributed by atoms with Crippen molar-refractivity contribution in [3.63, 3.8) is 0 Å². The number of amides is 3. The highest BCUT2D eigenvalue weighted by Crippen LogP contribution is 2.31. The van der Waals surface area contributed by atoms with E-state index in [1.165, 1.54) is 4.90 Å². The van der Waals surface area contributed by atoms with Crippen molar-refractivity contribution in [1.82, 2.24) is 20.3 Å². The second kappa shape index (κ2) is 7.87. The molecule has 1 saturated carbocycles. The smallest absolute Gasteiger partial charge is 0.309 e. The van der Waals surface area contributed by atoms with Gasteiger partial charge in [-0.2, -0.15) is 13.5 Å². The molecule has 2 bridgehead atoms. The van der Waals surface area contributed by atoms with Gasteiger partial charge in [-0.1, -0.05) is 0 Å². The molecule has 2 N–H and O–H groups in total. The molecule has 2 aliphatic heterocycles. The Morgan fingerprint density at radius 2 is 1.85 bits per heavy atom. The molecule has 2 atom stereocenters. The lowest BCUT2D eigenvalue weighted by molar-refractivity contribution is -0.145. The molecule has 0 radical (unpaired) electrons. The highest BCUT2D eigenvalue weighted by molar-refractivity contribution is 7.80. The van der Waals surface area contributed by atoms with Crippen molar-refractivity contribution < 1.29 is 31.7 Å². The van der Waals surface area contributed by atoms with Crippen LogP contribution >= 0.6 is 0 Å². The number of rotatable bonds is 6. The maximum atomic E-state index is 12.5. The van der Waals surface area contributed by atoms with E-state index in [0.717, 1.165) is 25.7 Å². The van der Waals surface area contributed by atoms with Gasteiger partial charge in [0, 0.05) is 12.6 Å². The average molecular weight is 406 g/mol. The van der Waals surface area contributed by atoms with Gasteiger partial charge in [-0.3, -0.25) is 14.2 Å². The first kappa shape index (κ1) is 20.3. The topological polar surface area (TPSA) is 129 Å². The molecule has 0 aromatic rings. The van der Waals surface area contributed by atoms with Crippen molar-refractivity contribution in [3.05, 3.63) is 0 Å². The number of hydrogen-bond donors (Lipinski definition) is 2. The zero-order valence-electron chi connectivity index (χ0n) is 15.4. The fraction of sp³-hybridized carbons (Fsp3) is 0.867. The molecule has 3 rings (SSSR count). The largest absolute Gasteiger partial charge is 0.418 e. The molecule has 0 spiro atoms. The van der Waals surface area contributed by atoms with Gasteiger partial charge in [0.1, 0.15) is 6.04 Å². The van der Waals surface area contributed by atoms with Crippen LogP contribution in [0, 0.1) is 0 Å². The van der Waals surface area contributed by atoms with E-state index in [-0.39, 0.29) is 12.6 Å². The molecule has 3 aliphatic rings. The number of piperidine rings is 1. The Balaban J connectivity index is 1.51. The maximum Gasteiger partial charge on any atom is 0.418 e. The van der Waals surface area contributed by atoms with Crippen LogP contribution in [0.15, 0.2) is 0 Å². The minimum atomic E-state index is -4.80. The Morgan fingerprint density at radius 1 is 1.19 bits per heavy atom. The van der Waals surface area contributed by atoms with Crippen LogP contribution in [0.25, 0.3) is 0 Å². The van der Waals surface area contributed by atoms with Crippen LogP contribution in [0.4, 0.5) is 4.79 Å². The fourth-order valence-electron chi connectivity index (χ4n) is 3.99. The molecule has 2 heterocycles. The summed E-state index contributed by atoms with van der Waals surface area (Å²) < 4.78 is 34.9. The number of carbonyl (C=O) groups excluding carboxylic acids is 2. The summed E-state index contributed by atoms with van der Waals surface area (Å²) in [5.41, 5.74) is 2.46. The summed E-state index contributed by atoms with van der Waals surface area (Å²) in [6, 6.07) is -1.53. The standard InChI is InChI=1S/C15H26N4O7S/c1-17(2)10-3-6-12(7-4-10)25-16-14(20)13-8-5-11-9-18(13)15(21)19(11)26-27(22,23)24/h10-13H,3-9H2,1-2H3,(H,16,20)(H,22,23,24)/t10?,11-,12?,13+/m1/s1. The molecule has 2 saturated heterocycles. The first-order valence-corrected chi connectivity index (χ1v) is 10.4. The molecule has 0 unspecified atom stereocenters. The predicted octanol–water partition coefficient (Wildman–Crippen LogP) is -0.0900. The van der Waals surface area contributed by atoms with E-state index in [9.17, 15) is 18.0 Å². The first-order valence-electron chi connectivity index (χ1n) is 9.04. The Labute approximate surface area is 158 Å². The first-order chi connectivity index (χ1) is 12.7. The summed E-state index contributed by atoms with van der Waals surface area (Å²) in [6.07, 6.45) is 4.34. The van der Waals surface area contributed by atoms with E-state index in [1.54, 1.807) is 0 Å². The second-order valence-corrected chi connectivity index (χ2v) is 8.49. The van der Waals surface area contributed by atoms with Gasteiger partial charge in [0.15, 0.2) is 0 Å². The monoisotopic (exact) mass is 406 g/mol. The van der Waals surface area contributed by atoms with Crippen LogP contribution in [0.1, 0.15) is 38.5 Å². The number of nitrogens with one attached hydrogen (secondary N) is 1. The lowest BCUT2D eigenvalue weighted by Crippen LogP contribution is -2.50. The summed E-state index contributed by atoms with van der Waals surface area (Å²) in [6.45, 7) is 0.153. The van der Waals surface area contributed by atoms with E-state index >= 15 is 0 Å². The van der Waals surface area contributed by atoms with Crippen LogP contribution in [-0.2, 0) is 24.3 Å². The zero-order chi connectivity index (χ0) is 19.8. The average Bonchev–Trinajstić information content (AvgIpc) is 2.83. The van der Waals surface area contributed by atoms with E-state index in [1.807, 2.05) is 14.1 Å². The molecule has 3 fully saturated rings. The van der Waals surface area contributed by atoms with E-state index in [4.69, 9.17) is 9.39 Å². The Hall–Kier alpha value is -1.47. The minimum absolute atomic E-state index is 0.0601.